The van der Waals surface area contributed by atoms with Gasteiger partial charge in [-0.05, 0) is 18.6 Å². The lowest BCUT2D eigenvalue weighted by Gasteiger charge is -2.10. The van der Waals surface area contributed by atoms with Crippen LogP contribution in [0.5, 0.6) is 5.75 Å². The summed E-state index contributed by atoms with van der Waals surface area (Å²) in [5, 5.41) is 2.99. The Morgan fingerprint density at radius 1 is 1.42 bits per heavy atom. The van der Waals surface area contributed by atoms with Crippen LogP contribution < -0.4 is 15.8 Å². The van der Waals surface area contributed by atoms with Gasteiger partial charge in [0.25, 0.3) is 0 Å². The molecule has 0 aliphatic heterocycles. The van der Waals surface area contributed by atoms with E-state index in [9.17, 15) is 0 Å². The van der Waals surface area contributed by atoms with Crippen molar-refractivity contribution in [1.29, 1.82) is 0 Å². The van der Waals surface area contributed by atoms with Gasteiger partial charge in [-0.1, -0.05) is 18.2 Å². The average Bonchev–Trinajstić information content (AvgIpc) is 2.43. The van der Waals surface area contributed by atoms with E-state index < -0.39 is 0 Å². The predicted molar refractivity (Wildman–Crippen MR) is 78.7 cm³/mol. The average molecular weight is 263 g/mol. The monoisotopic (exact) mass is 263 g/mol. The zero-order valence-corrected chi connectivity index (χ0v) is 11.3. The standard InChI is InChI=1S/C14H21N3O2/c1-3-4-10-19-11-9-16-14(15)17-12-7-5-6-8-13(12)18-2/h3,5-8H,1,4,9-11H2,2H3,(H3,15,16,17). The van der Waals surface area contributed by atoms with Gasteiger partial charge in [-0.2, -0.15) is 0 Å². The largest absolute Gasteiger partial charge is 0.495 e. The van der Waals surface area contributed by atoms with E-state index in [4.69, 9.17) is 15.2 Å². The van der Waals surface area contributed by atoms with Gasteiger partial charge in [-0.3, -0.25) is 4.99 Å². The molecule has 0 aromatic heterocycles. The SMILES string of the molecule is C=CCCOCCN=C(N)Nc1ccccc1OC. The summed E-state index contributed by atoms with van der Waals surface area (Å²) >= 11 is 0. The van der Waals surface area contributed by atoms with E-state index in [1.54, 1.807) is 7.11 Å². The molecule has 5 heteroatoms. The number of guanidine groups is 1. The molecule has 1 aromatic rings. The van der Waals surface area contributed by atoms with Crippen molar-refractivity contribution in [3.63, 3.8) is 0 Å². The zero-order valence-electron chi connectivity index (χ0n) is 11.3. The minimum absolute atomic E-state index is 0.344. The molecule has 0 saturated heterocycles. The van der Waals surface area contributed by atoms with E-state index in [-0.39, 0.29) is 0 Å². The summed E-state index contributed by atoms with van der Waals surface area (Å²) in [6.45, 7) is 5.35. The molecule has 0 fully saturated rings. The molecule has 0 saturated carbocycles. The highest BCUT2D eigenvalue weighted by Crippen LogP contribution is 2.22. The van der Waals surface area contributed by atoms with Crippen molar-refractivity contribution < 1.29 is 9.47 Å². The van der Waals surface area contributed by atoms with E-state index in [0.717, 1.165) is 17.9 Å². The Labute approximate surface area is 114 Å². The second-order valence-electron chi connectivity index (χ2n) is 3.78. The van der Waals surface area contributed by atoms with E-state index in [0.29, 0.717) is 25.7 Å². The molecular formula is C14H21N3O2. The fourth-order valence-electron chi connectivity index (χ4n) is 1.42. The van der Waals surface area contributed by atoms with E-state index >= 15 is 0 Å². The Hall–Kier alpha value is -2.01. The van der Waals surface area contributed by atoms with Crippen LogP contribution in [-0.4, -0.2) is 32.8 Å². The number of hydrogen-bond donors (Lipinski definition) is 2. The second kappa shape index (κ2) is 8.99. The van der Waals surface area contributed by atoms with Crippen molar-refractivity contribution in [3.8, 4) is 5.75 Å². The summed E-state index contributed by atoms with van der Waals surface area (Å²) in [5.74, 6) is 1.07. The van der Waals surface area contributed by atoms with Crippen LogP contribution in [0.4, 0.5) is 5.69 Å². The maximum Gasteiger partial charge on any atom is 0.193 e. The van der Waals surface area contributed by atoms with Gasteiger partial charge in [0.15, 0.2) is 5.96 Å². The van der Waals surface area contributed by atoms with Gasteiger partial charge in [0.05, 0.1) is 32.6 Å². The molecule has 0 bridgehead atoms. The van der Waals surface area contributed by atoms with Crippen molar-refractivity contribution in [2.45, 2.75) is 6.42 Å². The molecule has 0 spiro atoms. The molecule has 0 atom stereocenters. The lowest BCUT2D eigenvalue weighted by atomic mass is 10.3. The number of hydrogen-bond acceptors (Lipinski definition) is 3. The first-order chi connectivity index (χ1) is 9.27. The summed E-state index contributed by atoms with van der Waals surface area (Å²) in [4.78, 5) is 4.17. The van der Waals surface area contributed by atoms with Crippen LogP contribution in [0.25, 0.3) is 0 Å². The lowest BCUT2D eigenvalue weighted by molar-refractivity contribution is 0.146. The molecule has 3 N–H and O–H groups in total. The van der Waals surface area contributed by atoms with Gasteiger partial charge in [-0.15, -0.1) is 6.58 Å². The first-order valence-corrected chi connectivity index (χ1v) is 6.16. The van der Waals surface area contributed by atoms with Crippen molar-refractivity contribution >= 4 is 11.6 Å². The predicted octanol–water partition coefficient (Wildman–Crippen LogP) is 2.01. The van der Waals surface area contributed by atoms with E-state index in [1.807, 2.05) is 30.3 Å². The van der Waals surface area contributed by atoms with Crippen molar-refractivity contribution in [2.24, 2.45) is 10.7 Å². The number of ether oxygens (including phenoxy) is 2. The topological polar surface area (TPSA) is 68.9 Å². The molecule has 0 unspecified atom stereocenters. The smallest absolute Gasteiger partial charge is 0.193 e. The first kappa shape index (κ1) is 15.0. The number of para-hydroxylation sites is 2. The van der Waals surface area contributed by atoms with Gasteiger partial charge < -0.3 is 20.5 Å². The molecule has 19 heavy (non-hydrogen) atoms. The van der Waals surface area contributed by atoms with E-state index in [1.165, 1.54) is 0 Å². The molecular weight excluding hydrogens is 242 g/mol. The van der Waals surface area contributed by atoms with Gasteiger partial charge in [0.2, 0.25) is 0 Å². The molecule has 1 aromatic carbocycles. The number of aliphatic imine (C=N–C) groups is 1. The van der Waals surface area contributed by atoms with Gasteiger partial charge in [0.1, 0.15) is 5.75 Å². The number of anilines is 1. The van der Waals surface area contributed by atoms with Crippen molar-refractivity contribution in [2.75, 3.05) is 32.2 Å². The Balaban J connectivity index is 2.36. The van der Waals surface area contributed by atoms with Crippen LogP contribution in [0, 0.1) is 0 Å². The number of benzene rings is 1. The number of nitrogens with one attached hydrogen (secondary N) is 1. The zero-order chi connectivity index (χ0) is 13.9. The molecule has 0 aliphatic carbocycles. The summed E-state index contributed by atoms with van der Waals surface area (Å²) in [5.41, 5.74) is 6.57. The maximum absolute atomic E-state index is 5.78. The number of nitrogens with two attached hydrogens (primary N) is 1. The Morgan fingerprint density at radius 2 is 2.21 bits per heavy atom. The summed E-state index contributed by atoms with van der Waals surface area (Å²) in [6.07, 6.45) is 2.67. The summed E-state index contributed by atoms with van der Waals surface area (Å²) in [6, 6.07) is 7.52. The minimum atomic E-state index is 0.344. The quantitative estimate of drug-likeness (QED) is 0.326. The van der Waals surface area contributed by atoms with Crippen LogP contribution in [0.15, 0.2) is 41.9 Å². The highest BCUT2D eigenvalue weighted by Gasteiger charge is 2.01. The Bertz CT molecular complexity index is 419. The van der Waals surface area contributed by atoms with Crippen molar-refractivity contribution in [1.82, 2.24) is 0 Å². The maximum atomic E-state index is 5.78. The third kappa shape index (κ3) is 5.92. The molecule has 0 heterocycles. The highest BCUT2D eigenvalue weighted by molar-refractivity contribution is 5.93. The highest BCUT2D eigenvalue weighted by atomic mass is 16.5. The fraction of sp³-hybridized carbons (Fsp3) is 0.357. The van der Waals surface area contributed by atoms with Crippen molar-refractivity contribution in [3.05, 3.63) is 36.9 Å². The van der Waals surface area contributed by atoms with Crippen LogP contribution in [0.1, 0.15) is 6.42 Å². The lowest BCUT2D eigenvalue weighted by Crippen LogP contribution is -2.23. The molecule has 0 amide bonds. The third-order valence-electron chi connectivity index (χ3n) is 2.35. The van der Waals surface area contributed by atoms with E-state index in [2.05, 4.69) is 16.9 Å². The van der Waals surface area contributed by atoms with Crippen LogP contribution in [0.3, 0.4) is 0 Å². The number of rotatable bonds is 8. The van der Waals surface area contributed by atoms with Crippen LogP contribution >= 0.6 is 0 Å². The molecule has 5 nitrogen and oxygen atoms in total. The Kier molecular flexibility index (Phi) is 7.12. The molecule has 0 radical (unpaired) electrons. The fourth-order valence-corrected chi connectivity index (χ4v) is 1.42. The van der Waals surface area contributed by atoms with Gasteiger partial charge >= 0.3 is 0 Å². The van der Waals surface area contributed by atoms with Gasteiger partial charge in [0, 0.05) is 0 Å². The molecule has 0 aliphatic rings. The summed E-state index contributed by atoms with van der Waals surface area (Å²) < 4.78 is 10.5. The minimum Gasteiger partial charge on any atom is -0.495 e. The Morgan fingerprint density at radius 3 is 2.95 bits per heavy atom. The molecule has 1 rings (SSSR count). The molecule has 104 valence electrons. The van der Waals surface area contributed by atoms with Crippen LogP contribution in [0.2, 0.25) is 0 Å². The first-order valence-electron chi connectivity index (χ1n) is 6.16. The number of methoxy groups -OCH3 is 1. The normalized spacial score (nSPS) is 11.1. The third-order valence-corrected chi connectivity index (χ3v) is 2.35. The van der Waals surface area contributed by atoms with Crippen LogP contribution in [-0.2, 0) is 4.74 Å². The van der Waals surface area contributed by atoms with Gasteiger partial charge in [-0.25, -0.2) is 0 Å². The number of nitrogens with zero attached hydrogens (tertiary/aromatic N) is 1. The second-order valence-corrected chi connectivity index (χ2v) is 3.78. The summed E-state index contributed by atoms with van der Waals surface area (Å²) in [7, 11) is 1.61.